The van der Waals surface area contributed by atoms with Gasteiger partial charge in [0.05, 0.1) is 0 Å². The van der Waals surface area contributed by atoms with Crippen molar-refractivity contribution in [2.75, 3.05) is 13.1 Å². The molecule has 186 valence electrons. The van der Waals surface area contributed by atoms with E-state index >= 15 is 0 Å². The summed E-state index contributed by atoms with van der Waals surface area (Å²) in [7, 11) is 0. The molecule has 6 nitrogen and oxygen atoms in total. The molecule has 0 aromatic heterocycles. The van der Waals surface area contributed by atoms with Crippen LogP contribution in [0.5, 0.6) is 0 Å². The van der Waals surface area contributed by atoms with Crippen molar-refractivity contribution >= 4 is 17.8 Å². The van der Waals surface area contributed by atoms with Crippen molar-refractivity contribution in [1.29, 1.82) is 0 Å². The number of imide groups is 1. The van der Waals surface area contributed by atoms with Gasteiger partial charge in [-0.25, -0.2) is 4.79 Å². The van der Waals surface area contributed by atoms with Gasteiger partial charge in [0, 0.05) is 12.5 Å². The van der Waals surface area contributed by atoms with Gasteiger partial charge in [-0.15, -0.1) is 0 Å². The van der Waals surface area contributed by atoms with Gasteiger partial charge in [-0.05, 0) is 42.0 Å². The van der Waals surface area contributed by atoms with Crippen LogP contribution in [0.2, 0.25) is 0 Å². The van der Waals surface area contributed by atoms with Gasteiger partial charge in [0.1, 0.15) is 12.1 Å². The van der Waals surface area contributed by atoms with Crippen molar-refractivity contribution in [1.82, 2.24) is 15.5 Å². The van der Waals surface area contributed by atoms with Crippen molar-refractivity contribution in [2.24, 2.45) is 0 Å². The molecule has 0 spiro atoms. The van der Waals surface area contributed by atoms with Gasteiger partial charge in [-0.3, -0.25) is 14.5 Å². The maximum Gasteiger partial charge on any atom is 0.325 e. The number of benzene rings is 3. The van der Waals surface area contributed by atoms with Crippen LogP contribution in [-0.2, 0) is 21.5 Å². The number of urea groups is 1. The Kier molecular flexibility index (Phi) is 7.84. The second-order valence-electron chi connectivity index (χ2n) is 9.41. The highest BCUT2D eigenvalue weighted by Gasteiger charge is 2.49. The smallest absolute Gasteiger partial charge is 0.325 e. The molecule has 3 aromatic rings. The van der Waals surface area contributed by atoms with Crippen molar-refractivity contribution in [3.05, 3.63) is 107 Å². The minimum absolute atomic E-state index is 0.128. The third-order valence-electron chi connectivity index (χ3n) is 6.81. The molecule has 4 rings (SSSR count). The Balaban J connectivity index is 1.37. The number of nitrogens with zero attached hydrogens (tertiary/aromatic N) is 1. The molecule has 0 aliphatic carbocycles. The zero-order valence-electron chi connectivity index (χ0n) is 20.9. The van der Waals surface area contributed by atoms with Crippen LogP contribution in [0.3, 0.4) is 0 Å². The highest BCUT2D eigenvalue weighted by molar-refractivity contribution is 6.09. The Morgan fingerprint density at radius 2 is 1.50 bits per heavy atom. The normalized spacial score (nSPS) is 17.4. The molecule has 1 atom stereocenters. The van der Waals surface area contributed by atoms with E-state index in [9.17, 15) is 14.4 Å². The van der Waals surface area contributed by atoms with Gasteiger partial charge in [0.25, 0.3) is 5.91 Å². The molecule has 4 amide bonds. The van der Waals surface area contributed by atoms with Crippen LogP contribution in [0, 0.1) is 0 Å². The highest BCUT2D eigenvalue weighted by Crippen LogP contribution is 2.29. The Labute approximate surface area is 212 Å². The molecule has 1 saturated heterocycles. The van der Waals surface area contributed by atoms with E-state index in [4.69, 9.17) is 0 Å². The molecule has 1 aliphatic heterocycles. The average Bonchev–Trinajstić information content (AvgIpc) is 3.12. The molecule has 1 fully saturated rings. The Hall–Kier alpha value is -3.93. The van der Waals surface area contributed by atoms with Crippen LogP contribution in [0.4, 0.5) is 4.79 Å². The Morgan fingerprint density at radius 3 is 2.06 bits per heavy atom. The first-order valence-corrected chi connectivity index (χ1v) is 12.5. The summed E-state index contributed by atoms with van der Waals surface area (Å²) in [6, 6.07) is 27.5. The zero-order valence-corrected chi connectivity index (χ0v) is 20.9. The van der Waals surface area contributed by atoms with Crippen LogP contribution in [-0.4, -0.2) is 35.8 Å². The van der Waals surface area contributed by atoms with Gasteiger partial charge in [0.2, 0.25) is 5.91 Å². The topological polar surface area (TPSA) is 78.5 Å². The van der Waals surface area contributed by atoms with Crippen LogP contribution >= 0.6 is 0 Å². The molecule has 1 unspecified atom stereocenters. The zero-order chi connectivity index (χ0) is 25.5. The summed E-state index contributed by atoms with van der Waals surface area (Å²) in [6.07, 6.45) is 2.69. The van der Waals surface area contributed by atoms with Gasteiger partial charge >= 0.3 is 6.03 Å². The minimum atomic E-state index is -1.19. The van der Waals surface area contributed by atoms with Crippen LogP contribution in [0.15, 0.2) is 84.9 Å². The predicted molar refractivity (Wildman–Crippen MR) is 140 cm³/mol. The van der Waals surface area contributed by atoms with Gasteiger partial charge < -0.3 is 10.6 Å². The lowest BCUT2D eigenvalue weighted by atomic mass is 9.88. The molecular weight excluding hydrogens is 450 g/mol. The number of amides is 4. The Bertz CT molecular complexity index is 1160. The van der Waals surface area contributed by atoms with E-state index in [1.165, 1.54) is 16.7 Å². The van der Waals surface area contributed by atoms with Gasteiger partial charge in [0.15, 0.2) is 0 Å². The summed E-state index contributed by atoms with van der Waals surface area (Å²) in [5.41, 5.74) is 3.05. The first-order valence-electron chi connectivity index (χ1n) is 12.5. The molecule has 2 N–H and O–H groups in total. The lowest BCUT2D eigenvalue weighted by Crippen LogP contribution is -2.43. The SMILES string of the molecule is CCCc1ccc(C2(C)NC(=O)N(CC(=O)NCCC(c3ccccc3)c3ccccc3)C2=O)cc1. The molecule has 0 saturated carbocycles. The molecular formula is C30H33N3O3. The van der Waals surface area contributed by atoms with E-state index in [1.807, 2.05) is 60.7 Å². The molecule has 0 radical (unpaired) electrons. The van der Waals surface area contributed by atoms with Crippen molar-refractivity contribution in [3.63, 3.8) is 0 Å². The largest absolute Gasteiger partial charge is 0.355 e. The summed E-state index contributed by atoms with van der Waals surface area (Å²) in [5, 5.41) is 5.67. The summed E-state index contributed by atoms with van der Waals surface area (Å²) >= 11 is 0. The molecule has 1 heterocycles. The highest BCUT2D eigenvalue weighted by atomic mass is 16.2. The van der Waals surface area contributed by atoms with E-state index in [0.29, 0.717) is 18.5 Å². The van der Waals surface area contributed by atoms with Crippen molar-refractivity contribution < 1.29 is 14.4 Å². The average molecular weight is 484 g/mol. The maximum absolute atomic E-state index is 13.2. The fourth-order valence-electron chi connectivity index (χ4n) is 4.78. The number of hydrogen-bond acceptors (Lipinski definition) is 3. The molecule has 1 aliphatic rings. The number of rotatable bonds is 10. The fourth-order valence-corrected chi connectivity index (χ4v) is 4.78. The number of aryl methyl sites for hydroxylation is 1. The first kappa shape index (κ1) is 25.2. The van der Waals surface area contributed by atoms with E-state index in [0.717, 1.165) is 17.7 Å². The lowest BCUT2D eigenvalue weighted by Gasteiger charge is -2.22. The minimum Gasteiger partial charge on any atom is -0.355 e. The molecule has 3 aromatic carbocycles. The fraction of sp³-hybridized carbons (Fsp3) is 0.300. The second-order valence-corrected chi connectivity index (χ2v) is 9.41. The van der Waals surface area contributed by atoms with Gasteiger partial charge in [-0.2, -0.15) is 0 Å². The van der Waals surface area contributed by atoms with Crippen LogP contribution in [0.1, 0.15) is 54.9 Å². The third-order valence-corrected chi connectivity index (χ3v) is 6.81. The maximum atomic E-state index is 13.2. The van der Waals surface area contributed by atoms with E-state index in [1.54, 1.807) is 6.92 Å². The summed E-state index contributed by atoms with van der Waals surface area (Å²) in [6.45, 7) is 3.91. The molecule has 0 bridgehead atoms. The second kappa shape index (κ2) is 11.2. The van der Waals surface area contributed by atoms with Crippen molar-refractivity contribution in [3.8, 4) is 0 Å². The van der Waals surface area contributed by atoms with E-state index in [-0.39, 0.29) is 18.4 Å². The Morgan fingerprint density at radius 1 is 0.917 bits per heavy atom. The first-order chi connectivity index (χ1) is 17.4. The lowest BCUT2D eigenvalue weighted by molar-refractivity contribution is -0.134. The summed E-state index contributed by atoms with van der Waals surface area (Å²) < 4.78 is 0. The number of nitrogens with one attached hydrogen (secondary N) is 2. The number of carbonyl (C=O) groups excluding carboxylic acids is 3. The summed E-state index contributed by atoms with van der Waals surface area (Å²) in [5.74, 6) is -0.651. The van der Waals surface area contributed by atoms with Crippen molar-refractivity contribution in [2.45, 2.75) is 44.6 Å². The summed E-state index contributed by atoms with van der Waals surface area (Å²) in [4.78, 5) is 39.6. The third kappa shape index (κ3) is 5.48. The van der Waals surface area contributed by atoms with Crippen LogP contribution in [0.25, 0.3) is 0 Å². The molecule has 6 heteroatoms. The quantitative estimate of drug-likeness (QED) is 0.409. The number of carbonyl (C=O) groups is 3. The molecule has 36 heavy (non-hydrogen) atoms. The van der Waals surface area contributed by atoms with Crippen LogP contribution < -0.4 is 10.6 Å². The number of hydrogen-bond donors (Lipinski definition) is 2. The van der Waals surface area contributed by atoms with Gasteiger partial charge in [-0.1, -0.05) is 98.3 Å². The van der Waals surface area contributed by atoms with E-state index < -0.39 is 17.5 Å². The van der Waals surface area contributed by atoms with E-state index in [2.05, 4.69) is 41.8 Å². The predicted octanol–water partition coefficient (Wildman–Crippen LogP) is 4.74. The monoisotopic (exact) mass is 483 g/mol. The standard InChI is InChI=1S/C30H33N3O3/c1-3-10-22-15-17-25(18-16-22)30(2)28(35)33(29(36)32-30)21-27(34)31-20-19-26(23-11-6-4-7-12-23)24-13-8-5-9-14-24/h4-9,11-18,26H,3,10,19-21H2,1-2H3,(H,31,34)(H,32,36).